The van der Waals surface area contributed by atoms with Gasteiger partial charge in [0.25, 0.3) is 0 Å². The average molecular weight is 893 g/mol. The molecular formula is C58H100O6. The normalized spacial score (nSPS) is 12.6. The van der Waals surface area contributed by atoms with Crippen molar-refractivity contribution in [3.63, 3.8) is 0 Å². The lowest BCUT2D eigenvalue weighted by Crippen LogP contribution is -2.30. The Hall–Kier alpha value is -3.15. The van der Waals surface area contributed by atoms with E-state index in [1.54, 1.807) is 0 Å². The van der Waals surface area contributed by atoms with Crippen LogP contribution in [0, 0.1) is 0 Å². The standard InChI is InChI=1S/C58H100O6/c1-4-7-10-13-16-19-22-25-27-28-29-30-31-34-36-39-42-45-48-51-57(60)63-54-55(53-62-56(59)50-47-44-41-38-35-32-24-21-18-15-12-9-6-3)64-58(61)52-49-46-43-40-37-33-26-23-20-17-14-11-8-5-2/h9,12,15-16,18-19,21-22,24-25,32,35,55H,4-8,10-11,13-14,17,20,23,26-31,33-34,36-54H2,1-3H3/b12-9-,18-15-,19-16-,24-21-,25-22-,35-32-. The molecule has 0 saturated carbocycles. The number of ether oxygens (including phenoxy) is 3. The van der Waals surface area contributed by atoms with Gasteiger partial charge in [0.1, 0.15) is 13.2 Å². The second-order valence-electron chi connectivity index (χ2n) is 17.9. The van der Waals surface area contributed by atoms with E-state index in [2.05, 4.69) is 63.3 Å². The van der Waals surface area contributed by atoms with Crippen LogP contribution >= 0.6 is 0 Å². The molecule has 1 atom stereocenters. The molecule has 0 rings (SSSR count). The zero-order valence-electron chi connectivity index (χ0n) is 42.0. The molecule has 0 radical (unpaired) electrons. The van der Waals surface area contributed by atoms with Crippen LogP contribution in [0.2, 0.25) is 0 Å². The summed E-state index contributed by atoms with van der Waals surface area (Å²) in [5.41, 5.74) is 0. The fourth-order valence-electron chi connectivity index (χ4n) is 7.50. The van der Waals surface area contributed by atoms with Gasteiger partial charge in [-0.1, -0.05) is 248 Å². The maximum absolute atomic E-state index is 12.8. The first kappa shape index (κ1) is 60.9. The van der Waals surface area contributed by atoms with Gasteiger partial charge >= 0.3 is 17.9 Å². The summed E-state index contributed by atoms with van der Waals surface area (Å²) in [4.78, 5) is 38.0. The Bertz CT molecular complexity index is 1210. The highest BCUT2D eigenvalue weighted by molar-refractivity contribution is 5.71. The Balaban J connectivity index is 4.38. The van der Waals surface area contributed by atoms with E-state index in [1.807, 2.05) is 30.4 Å². The van der Waals surface area contributed by atoms with E-state index in [0.717, 1.165) is 70.6 Å². The molecule has 0 aromatic rings. The molecule has 64 heavy (non-hydrogen) atoms. The largest absolute Gasteiger partial charge is 0.462 e. The maximum Gasteiger partial charge on any atom is 0.306 e. The Labute approximate surface area is 395 Å². The summed E-state index contributed by atoms with van der Waals surface area (Å²) >= 11 is 0. The van der Waals surface area contributed by atoms with Crippen molar-refractivity contribution >= 4 is 17.9 Å². The van der Waals surface area contributed by atoms with E-state index in [0.29, 0.717) is 19.3 Å². The number of unbranched alkanes of at least 4 members (excludes halogenated alkanes) is 29. The highest BCUT2D eigenvalue weighted by Crippen LogP contribution is 2.16. The van der Waals surface area contributed by atoms with Gasteiger partial charge in [0.05, 0.1) is 0 Å². The molecule has 6 heteroatoms. The molecule has 0 bridgehead atoms. The predicted molar refractivity (Wildman–Crippen MR) is 274 cm³/mol. The van der Waals surface area contributed by atoms with Gasteiger partial charge in [0.15, 0.2) is 6.10 Å². The molecule has 0 aromatic heterocycles. The van der Waals surface area contributed by atoms with Crippen LogP contribution in [0.15, 0.2) is 72.9 Å². The monoisotopic (exact) mass is 893 g/mol. The molecule has 0 saturated heterocycles. The minimum absolute atomic E-state index is 0.0882. The van der Waals surface area contributed by atoms with Crippen molar-refractivity contribution < 1.29 is 28.6 Å². The lowest BCUT2D eigenvalue weighted by molar-refractivity contribution is -0.167. The van der Waals surface area contributed by atoms with Crippen molar-refractivity contribution in [2.45, 2.75) is 264 Å². The molecule has 0 spiro atoms. The van der Waals surface area contributed by atoms with Crippen LogP contribution < -0.4 is 0 Å². The summed E-state index contributed by atoms with van der Waals surface area (Å²) in [6, 6.07) is 0. The van der Waals surface area contributed by atoms with Gasteiger partial charge in [-0.2, -0.15) is 0 Å². The Morgan fingerprint density at radius 1 is 0.328 bits per heavy atom. The third kappa shape index (κ3) is 49.9. The summed E-state index contributed by atoms with van der Waals surface area (Å²) < 4.78 is 16.8. The lowest BCUT2D eigenvalue weighted by atomic mass is 10.0. The first-order valence-corrected chi connectivity index (χ1v) is 27.0. The van der Waals surface area contributed by atoms with Crippen molar-refractivity contribution in [3.05, 3.63) is 72.9 Å². The zero-order chi connectivity index (χ0) is 46.5. The lowest BCUT2D eigenvalue weighted by Gasteiger charge is -2.18. The number of carbonyl (C=O) groups is 3. The Kier molecular flexibility index (Phi) is 49.9. The highest BCUT2D eigenvalue weighted by atomic mass is 16.6. The quantitative estimate of drug-likeness (QED) is 0.0262. The summed E-state index contributed by atoms with van der Waals surface area (Å²) in [6.07, 6.45) is 66.0. The fraction of sp³-hybridized carbons (Fsp3) is 0.741. The first-order chi connectivity index (χ1) is 31.5. The Morgan fingerprint density at radius 2 is 0.609 bits per heavy atom. The molecular weight excluding hydrogens is 793 g/mol. The third-order valence-corrected chi connectivity index (χ3v) is 11.6. The summed E-state index contributed by atoms with van der Waals surface area (Å²) in [5, 5.41) is 0. The summed E-state index contributed by atoms with van der Waals surface area (Å²) in [6.45, 7) is 6.45. The van der Waals surface area contributed by atoms with E-state index < -0.39 is 6.10 Å². The predicted octanol–water partition coefficient (Wildman–Crippen LogP) is 17.8. The second kappa shape index (κ2) is 52.5. The van der Waals surface area contributed by atoms with Crippen LogP contribution in [-0.2, 0) is 28.6 Å². The van der Waals surface area contributed by atoms with Crippen LogP contribution in [0.3, 0.4) is 0 Å². The molecule has 368 valence electrons. The molecule has 0 heterocycles. The van der Waals surface area contributed by atoms with Crippen molar-refractivity contribution in [3.8, 4) is 0 Å². The van der Waals surface area contributed by atoms with Gasteiger partial charge in [0.2, 0.25) is 0 Å². The van der Waals surface area contributed by atoms with E-state index in [9.17, 15) is 14.4 Å². The molecule has 0 aliphatic carbocycles. The molecule has 0 fully saturated rings. The third-order valence-electron chi connectivity index (χ3n) is 11.6. The Morgan fingerprint density at radius 3 is 1.02 bits per heavy atom. The highest BCUT2D eigenvalue weighted by Gasteiger charge is 2.19. The maximum atomic E-state index is 12.8. The topological polar surface area (TPSA) is 78.9 Å². The summed E-state index contributed by atoms with van der Waals surface area (Å²) in [7, 11) is 0. The molecule has 1 unspecified atom stereocenters. The fourth-order valence-corrected chi connectivity index (χ4v) is 7.50. The molecule has 0 N–H and O–H groups in total. The average Bonchev–Trinajstić information content (AvgIpc) is 3.29. The SMILES string of the molecule is CC\C=C/C=C\C=C/C=C\CCCCCC(=O)OCC(COC(=O)CCCCCCCCCCCC/C=C\C=C/CCCCC)OC(=O)CCCCCCCCCCCCCCCC. The van der Waals surface area contributed by atoms with Gasteiger partial charge in [-0.15, -0.1) is 0 Å². The number of rotatable bonds is 48. The van der Waals surface area contributed by atoms with Crippen molar-refractivity contribution in [2.75, 3.05) is 13.2 Å². The molecule has 0 amide bonds. The molecule has 0 aliphatic heterocycles. The van der Waals surface area contributed by atoms with Crippen molar-refractivity contribution in [1.82, 2.24) is 0 Å². The van der Waals surface area contributed by atoms with E-state index in [1.165, 1.54) is 148 Å². The van der Waals surface area contributed by atoms with Gasteiger partial charge in [-0.3, -0.25) is 14.4 Å². The number of esters is 3. The smallest absolute Gasteiger partial charge is 0.306 e. The number of hydrogen-bond donors (Lipinski definition) is 0. The molecule has 0 aliphatic rings. The van der Waals surface area contributed by atoms with Crippen LogP contribution in [0.25, 0.3) is 0 Å². The van der Waals surface area contributed by atoms with E-state index in [4.69, 9.17) is 14.2 Å². The first-order valence-electron chi connectivity index (χ1n) is 27.0. The van der Waals surface area contributed by atoms with E-state index in [-0.39, 0.29) is 31.1 Å². The van der Waals surface area contributed by atoms with Crippen LogP contribution in [0.1, 0.15) is 258 Å². The summed E-state index contributed by atoms with van der Waals surface area (Å²) in [5.74, 6) is -0.926. The second-order valence-corrected chi connectivity index (χ2v) is 17.9. The number of hydrogen-bond acceptors (Lipinski definition) is 6. The van der Waals surface area contributed by atoms with Gasteiger partial charge in [-0.25, -0.2) is 0 Å². The van der Waals surface area contributed by atoms with E-state index >= 15 is 0 Å². The van der Waals surface area contributed by atoms with Crippen molar-refractivity contribution in [2.24, 2.45) is 0 Å². The zero-order valence-corrected chi connectivity index (χ0v) is 42.0. The van der Waals surface area contributed by atoms with Crippen LogP contribution in [0.4, 0.5) is 0 Å². The molecule has 6 nitrogen and oxygen atoms in total. The minimum atomic E-state index is -0.790. The molecule has 0 aromatic carbocycles. The van der Waals surface area contributed by atoms with Crippen molar-refractivity contribution in [1.29, 1.82) is 0 Å². The van der Waals surface area contributed by atoms with Crippen LogP contribution in [-0.4, -0.2) is 37.2 Å². The minimum Gasteiger partial charge on any atom is -0.462 e. The number of allylic oxidation sites excluding steroid dienone is 12. The van der Waals surface area contributed by atoms with Gasteiger partial charge < -0.3 is 14.2 Å². The van der Waals surface area contributed by atoms with Gasteiger partial charge in [0, 0.05) is 19.3 Å². The number of carbonyl (C=O) groups excluding carboxylic acids is 3. The van der Waals surface area contributed by atoms with Gasteiger partial charge in [-0.05, 0) is 64.2 Å². The van der Waals surface area contributed by atoms with Crippen LogP contribution in [0.5, 0.6) is 0 Å².